The maximum absolute atomic E-state index is 12.8. The summed E-state index contributed by atoms with van der Waals surface area (Å²) in [4.78, 5) is 37.5. The lowest BCUT2D eigenvalue weighted by Gasteiger charge is -2.27. The highest BCUT2D eigenvalue weighted by molar-refractivity contribution is 6.40. The molecule has 2 fully saturated rings. The number of carboxylic acids is 1. The SMILES string of the molecule is CCCN(C(=O)C(=O)NCC[C@H]1[C@@H](CC=CCCCC(=O)O)[C@H]2CC[C@@H]1O2)c1ccccc1. The van der Waals surface area contributed by atoms with Gasteiger partial charge in [0.15, 0.2) is 0 Å². The van der Waals surface area contributed by atoms with Crippen LogP contribution in [0.1, 0.15) is 58.3 Å². The molecule has 0 aliphatic carbocycles. The van der Waals surface area contributed by atoms with Crippen LogP contribution in [0.3, 0.4) is 0 Å². The van der Waals surface area contributed by atoms with Gasteiger partial charge in [-0.3, -0.25) is 14.4 Å². The van der Waals surface area contributed by atoms with Gasteiger partial charge in [-0.05, 0) is 68.9 Å². The summed E-state index contributed by atoms with van der Waals surface area (Å²) in [7, 11) is 0. The first-order valence-corrected chi connectivity index (χ1v) is 12.2. The van der Waals surface area contributed by atoms with Gasteiger partial charge in [0.1, 0.15) is 0 Å². The summed E-state index contributed by atoms with van der Waals surface area (Å²) >= 11 is 0. The van der Waals surface area contributed by atoms with Crippen molar-refractivity contribution in [3.63, 3.8) is 0 Å². The molecule has 0 aromatic heterocycles. The third-order valence-corrected chi connectivity index (χ3v) is 6.64. The van der Waals surface area contributed by atoms with Crippen LogP contribution in [0.5, 0.6) is 0 Å². The van der Waals surface area contributed by atoms with E-state index in [0.29, 0.717) is 31.3 Å². The molecule has 33 heavy (non-hydrogen) atoms. The number of benzene rings is 1. The lowest BCUT2D eigenvalue weighted by Crippen LogP contribution is -2.44. The van der Waals surface area contributed by atoms with Gasteiger partial charge < -0.3 is 20.1 Å². The number of carbonyl (C=O) groups excluding carboxylic acids is 2. The maximum atomic E-state index is 12.8. The Balaban J connectivity index is 1.47. The number of aliphatic carboxylic acids is 1. The summed E-state index contributed by atoms with van der Waals surface area (Å²) in [6.45, 7) is 2.93. The Kier molecular flexibility index (Phi) is 9.48. The molecule has 2 heterocycles. The molecule has 4 atom stereocenters. The van der Waals surface area contributed by atoms with Crippen LogP contribution in [0.2, 0.25) is 0 Å². The molecule has 2 aliphatic heterocycles. The number of rotatable bonds is 12. The fourth-order valence-corrected chi connectivity index (χ4v) is 5.07. The molecule has 7 nitrogen and oxygen atoms in total. The van der Waals surface area contributed by atoms with Crippen molar-refractivity contribution in [2.45, 2.75) is 70.5 Å². The molecule has 0 spiro atoms. The third kappa shape index (κ3) is 6.90. The number of hydrogen-bond acceptors (Lipinski definition) is 4. The highest BCUT2D eigenvalue weighted by atomic mass is 16.5. The van der Waals surface area contributed by atoms with E-state index in [1.165, 1.54) is 4.90 Å². The summed E-state index contributed by atoms with van der Waals surface area (Å²) in [5.74, 6) is -1.07. The van der Waals surface area contributed by atoms with Gasteiger partial charge in [0.2, 0.25) is 0 Å². The molecule has 2 saturated heterocycles. The zero-order valence-electron chi connectivity index (χ0n) is 19.4. The lowest BCUT2D eigenvalue weighted by molar-refractivity contribution is -0.137. The van der Waals surface area contributed by atoms with Crippen molar-refractivity contribution in [3.8, 4) is 0 Å². The number of para-hydroxylation sites is 1. The fraction of sp³-hybridized carbons (Fsp3) is 0.577. The third-order valence-electron chi connectivity index (χ3n) is 6.64. The second kappa shape index (κ2) is 12.5. The van der Waals surface area contributed by atoms with Crippen molar-refractivity contribution in [1.82, 2.24) is 5.32 Å². The first-order valence-electron chi connectivity index (χ1n) is 12.2. The number of fused-ring (bicyclic) bond motifs is 2. The number of nitrogens with one attached hydrogen (secondary N) is 1. The van der Waals surface area contributed by atoms with Crippen molar-refractivity contribution in [2.24, 2.45) is 11.8 Å². The standard InChI is InChI=1S/C26H36N2O5/c1-2-18-28(19-10-6-5-7-11-19)26(32)25(31)27-17-16-21-20(22-14-15-23(21)33-22)12-8-3-4-9-13-24(29)30/h3,5-8,10-11,20-23H,2,4,9,12-18H2,1H3,(H,27,31)(H,29,30)/t20-,21+,22-,23+/m1/s1. The Morgan fingerprint density at radius 1 is 1.12 bits per heavy atom. The number of amides is 2. The van der Waals surface area contributed by atoms with Gasteiger partial charge in [0.25, 0.3) is 0 Å². The predicted molar refractivity (Wildman–Crippen MR) is 127 cm³/mol. The Morgan fingerprint density at radius 2 is 1.85 bits per heavy atom. The largest absolute Gasteiger partial charge is 0.481 e. The van der Waals surface area contributed by atoms with Gasteiger partial charge in [-0.25, -0.2) is 0 Å². The van der Waals surface area contributed by atoms with E-state index in [9.17, 15) is 14.4 Å². The van der Waals surface area contributed by atoms with Crippen molar-refractivity contribution in [1.29, 1.82) is 0 Å². The average Bonchev–Trinajstić information content (AvgIpc) is 3.42. The van der Waals surface area contributed by atoms with Crippen molar-refractivity contribution < 1.29 is 24.2 Å². The van der Waals surface area contributed by atoms with Crippen molar-refractivity contribution in [3.05, 3.63) is 42.5 Å². The number of nitrogens with zero attached hydrogens (tertiary/aromatic N) is 1. The monoisotopic (exact) mass is 456 g/mol. The van der Waals surface area contributed by atoms with E-state index in [-0.39, 0.29) is 18.6 Å². The smallest absolute Gasteiger partial charge is 0.316 e. The fourth-order valence-electron chi connectivity index (χ4n) is 5.07. The molecule has 1 aromatic rings. The molecule has 0 radical (unpaired) electrons. The van der Waals surface area contributed by atoms with Gasteiger partial charge in [-0.1, -0.05) is 37.3 Å². The number of carboxylic acid groups (broad SMARTS) is 1. The quantitative estimate of drug-likeness (QED) is 0.282. The Labute approximate surface area is 196 Å². The minimum Gasteiger partial charge on any atom is -0.481 e. The van der Waals surface area contributed by atoms with E-state index >= 15 is 0 Å². The Bertz CT molecular complexity index is 825. The molecule has 0 unspecified atom stereocenters. The van der Waals surface area contributed by atoms with Crippen LogP contribution in [-0.4, -0.2) is 48.2 Å². The topological polar surface area (TPSA) is 95.9 Å². The summed E-state index contributed by atoms with van der Waals surface area (Å²) in [6, 6.07) is 9.29. The van der Waals surface area contributed by atoms with Crippen molar-refractivity contribution >= 4 is 23.5 Å². The summed E-state index contributed by atoms with van der Waals surface area (Å²) in [5, 5.41) is 11.6. The summed E-state index contributed by atoms with van der Waals surface area (Å²) < 4.78 is 6.14. The second-order valence-corrected chi connectivity index (χ2v) is 8.95. The molecule has 2 N–H and O–H groups in total. The molecule has 2 amide bonds. The Hall–Kier alpha value is -2.67. The normalized spacial score (nSPS) is 23.7. The van der Waals surface area contributed by atoms with E-state index in [0.717, 1.165) is 44.2 Å². The highest BCUT2D eigenvalue weighted by Gasteiger charge is 2.47. The number of carbonyl (C=O) groups is 3. The van der Waals surface area contributed by atoms with Crippen molar-refractivity contribution in [2.75, 3.05) is 18.0 Å². The molecule has 2 aliphatic rings. The summed E-state index contributed by atoms with van der Waals surface area (Å²) in [6.07, 6.45) is 10.9. The van der Waals surface area contributed by atoms with E-state index in [4.69, 9.17) is 9.84 Å². The lowest BCUT2D eigenvalue weighted by atomic mass is 9.76. The maximum Gasteiger partial charge on any atom is 0.316 e. The van der Waals surface area contributed by atoms with Gasteiger partial charge in [-0.2, -0.15) is 0 Å². The Morgan fingerprint density at radius 3 is 2.55 bits per heavy atom. The minimum atomic E-state index is -0.757. The molecule has 1 aromatic carbocycles. The average molecular weight is 457 g/mol. The molecule has 2 bridgehead atoms. The predicted octanol–water partition coefficient (Wildman–Crippen LogP) is 3.93. The number of ether oxygens (including phenoxy) is 1. The van der Waals surface area contributed by atoms with Gasteiger partial charge in [-0.15, -0.1) is 0 Å². The molecular formula is C26H36N2O5. The van der Waals surface area contributed by atoms with E-state index < -0.39 is 17.8 Å². The number of allylic oxidation sites excluding steroid dienone is 2. The molecule has 3 rings (SSSR count). The number of hydrogen-bond donors (Lipinski definition) is 2. The zero-order chi connectivity index (χ0) is 23.6. The number of unbranched alkanes of at least 4 members (excludes halogenated alkanes) is 1. The first kappa shape index (κ1) is 25.0. The van der Waals surface area contributed by atoms with E-state index in [1.54, 1.807) is 0 Å². The van der Waals surface area contributed by atoms with Crippen LogP contribution in [0.15, 0.2) is 42.5 Å². The summed E-state index contributed by atoms with van der Waals surface area (Å²) in [5.41, 5.74) is 0.733. The van der Waals surface area contributed by atoms with E-state index in [1.807, 2.05) is 37.3 Å². The van der Waals surface area contributed by atoms with Crippen LogP contribution in [0.4, 0.5) is 5.69 Å². The van der Waals surface area contributed by atoms with Crippen LogP contribution in [0.25, 0.3) is 0 Å². The van der Waals surface area contributed by atoms with Crippen LogP contribution in [-0.2, 0) is 19.1 Å². The first-order chi connectivity index (χ1) is 16.0. The second-order valence-electron chi connectivity index (χ2n) is 8.95. The zero-order valence-corrected chi connectivity index (χ0v) is 19.4. The minimum absolute atomic E-state index is 0.197. The molecule has 0 saturated carbocycles. The molecule has 180 valence electrons. The van der Waals surface area contributed by atoms with Gasteiger partial charge >= 0.3 is 17.8 Å². The highest BCUT2D eigenvalue weighted by Crippen LogP contribution is 2.46. The number of anilines is 1. The van der Waals surface area contributed by atoms with Crippen LogP contribution in [0, 0.1) is 11.8 Å². The van der Waals surface area contributed by atoms with E-state index in [2.05, 4.69) is 17.5 Å². The van der Waals surface area contributed by atoms with Gasteiger partial charge in [0.05, 0.1) is 12.2 Å². The van der Waals surface area contributed by atoms with Crippen LogP contribution < -0.4 is 10.2 Å². The van der Waals surface area contributed by atoms with Crippen LogP contribution >= 0.6 is 0 Å². The van der Waals surface area contributed by atoms with Gasteiger partial charge in [0, 0.05) is 25.2 Å². The molecule has 7 heteroatoms. The molecular weight excluding hydrogens is 420 g/mol.